The molecular weight excluding hydrogens is 256 g/mol. The summed E-state index contributed by atoms with van der Waals surface area (Å²) in [5.41, 5.74) is 6.94. The highest BCUT2D eigenvalue weighted by Gasteiger charge is 2.07. The van der Waals surface area contributed by atoms with Gasteiger partial charge in [0.15, 0.2) is 0 Å². The van der Waals surface area contributed by atoms with Crippen LogP contribution >= 0.6 is 11.6 Å². The Kier molecular flexibility index (Phi) is 3.73. The highest BCUT2D eigenvalue weighted by Crippen LogP contribution is 2.27. The molecule has 18 heavy (non-hydrogen) atoms. The van der Waals surface area contributed by atoms with Crippen LogP contribution in [0, 0.1) is 0 Å². The number of aliphatic imine (C=N–C) groups is 1. The normalized spacial score (nSPS) is 11.6. The van der Waals surface area contributed by atoms with Crippen molar-refractivity contribution in [2.24, 2.45) is 10.7 Å². The Hall–Kier alpha value is -2.15. The lowest BCUT2D eigenvalue weighted by molar-refractivity contribution is 0.411. The summed E-state index contributed by atoms with van der Waals surface area (Å²) in [6.07, 6.45) is 1.48. The van der Waals surface area contributed by atoms with Crippen LogP contribution in [0.15, 0.2) is 29.5 Å². The van der Waals surface area contributed by atoms with Gasteiger partial charge in [0.25, 0.3) is 0 Å². The number of alkyl halides is 1. The predicted molar refractivity (Wildman–Crippen MR) is 67.7 cm³/mol. The number of nitrogens with two attached hydrogens (primary N) is 1. The summed E-state index contributed by atoms with van der Waals surface area (Å²) in [5.74, 6) is 1.11. The molecule has 0 saturated carbocycles. The van der Waals surface area contributed by atoms with Crippen LogP contribution in [-0.4, -0.2) is 39.0 Å². The number of tetrazole rings is 1. The Morgan fingerprint density at radius 3 is 3.00 bits per heavy atom. The van der Waals surface area contributed by atoms with Crippen molar-refractivity contribution >= 4 is 23.1 Å². The molecular formula is C10H11ClN6O. The molecule has 1 heterocycles. The summed E-state index contributed by atoms with van der Waals surface area (Å²) in [6.45, 7) is 0. The molecule has 0 fully saturated rings. The van der Waals surface area contributed by atoms with Gasteiger partial charge in [0.2, 0.25) is 0 Å². The highest BCUT2D eigenvalue weighted by atomic mass is 35.5. The van der Waals surface area contributed by atoms with Crippen molar-refractivity contribution in [1.82, 2.24) is 20.2 Å². The van der Waals surface area contributed by atoms with Gasteiger partial charge in [-0.2, -0.15) is 4.68 Å². The van der Waals surface area contributed by atoms with Gasteiger partial charge in [0, 0.05) is 6.07 Å². The number of halogens is 1. The topological polar surface area (TPSA) is 91.2 Å². The van der Waals surface area contributed by atoms with Crippen LogP contribution in [0.5, 0.6) is 5.75 Å². The molecule has 0 aliphatic carbocycles. The second-order valence-electron chi connectivity index (χ2n) is 3.35. The van der Waals surface area contributed by atoms with Crippen LogP contribution < -0.4 is 10.5 Å². The van der Waals surface area contributed by atoms with Crippen molar-refractivity contribution in [3.63, 3.8) is 0 Å². The molecule has 94 valence electrons. The number of hydrogen-bond acceptors (Lipinski definition) is 5. The fraction of sp³-hybridized carbons (Fsp3) is 0.200. The van der Waals surface area contributed by atoms with E-state index in [1.54, 1.807) is 25.3 Å². The van der Waals surface area contributed by atoms with Gasteiger partial charge < -0.3 is 10.5 Å². The summed E-state index contributed by atoms with van der Waals surface area (Å²) < 4.78 is 6.76. The third-order valence-electron chi connectivity index (χ3n) is 2.17. The van der Waals surface area contributed by atoms with E-state index in [1.165, 1.54) is 11.0 Å². The molecule has 2 rings (SSSR count). The molecule has 1 aromatic carbocycles. The van der Waals surface area contributed by atoms with Crippen LogP contribution in [0.2, 0.25) is 0 Å². The first-order valence-corrected chi connectivity index (χ1v) is 5.58. The van der Waals surface area contributed by atoms with Gasteiger partial charge in [0.1, 0.15) is 23.6 Å². The van der Waals surface area contributed by atoms with E-state index in [9.17, 15) is 0 Å². The van der Waals surface area contributed by atoms with Crippen LogP contribution in [0.1, 0.15) is 0 Å². The SMILES string of the molecule is COc1cc(N=C(N)CCl)ccc1-n1cnnn1. The maximum Gasteiger partial charge on any atom is 0.146 e. The van der Waals surface area contributed by atoms with Crippen molar-refractivity contribution in [2.45, 2.75) is 0 Å². The molecule has 0 aliphatic rings. The standard InChI is InChI=1S/C10H11ClN6O/c1-18-9-4-7(14-10(12)5-11)2-3-8(9)17-6-13-15-16-17/h2-4,6H,5H2,1H3,(H2,12,14). The molecule has 0 saturated heterocycles. The van der Waals surface area contributed by atoms with E-state index in [0.717, 1.165) is 0 Å². The summed E-state index contributed by atoms with van der Waals surface area (Å²) in [4.78, 5) is 4.13. The lowest BCUT2D eigenvalue weighted by atomic mass is 10.2. The molecule has 1 aromatic heterocycles. The van der Waals surface area contributed by atoms with Crippen molar-refractivity contribution < 1.29 is 4.74 Å². The smallest absolute Gasteiger partial charge is 0.146 e. The molecule has 2 N–H and O–H groups in total. The Labute approximate surface area is 108 Å². The zero-order chi connectivity index (χ0) is 13.0. The van der Waals surface area contributed by atoms with Crippen LogP contribution in [-0.2, 0) is 0 Å². The average Bonchev–Trinajstić information content (AvgIpc) is 2.92. The van der Waals surface area contributed by atoms with Gasteiger partial charge in [-0.1, -0.05) is 0 Å². The largest absolute Gasteiger partial charge is 0.494 e. The van der Waals surface area contributed by atoms with Crippen molar-refractivity contribution in [3.05, 3.63) is 24.5 Å². The molecule has 0 amide bonds. The highest BCUT2D eigenvalue weighted by molar-refractivity contribution is 6.28. The monoisotopic (exact) mass is 266 g/mol. The molecule has 7 nitrogen and oxygen atoms in total. The second-order valence-corrected chi connectivity index (χ2v) is 3.61. The fourth-order valence-electron chi connectivity index (χ4n) is 1.39. The quantitative estimate of drug-likeness (QED) is 0.504. The van der Waals surface area contributed by atoms with Crippen molar-refractivity contribution in [1.29, 1.82) is 0 Å². The third kappa shape index (κ3) is 2.57. The number of rotatable bonds is 4. The molecule has 2 aromatic rings. The minimum Gasteiger partial charge on any atom is -0.494 e. The zero-order valence-corrected chi connectivity index (χ0v) is 10.4. The number of nitrogens with zero attached hydrogens (tertiary/aromatic N) is 5. The van der Waals surface area contributed by atoms with Gasteiger partial charge in [-0.25, -0.2) is 4.99 Å². The maximum absolute atomic E-state index is 5.57. The summed E-state index contributed by atoms with van der Waals surface area (Å²) in [7, 11) is 1.56. The molecule has 8 heteroatoms. The van der Waals surface area contributed by atoms with Crippen LogP contribution in [0.25, 0.3) is 5.69 Å². The van der Waals surface area contributed by atoms with E-state index in [1.807, 2.05) is 0 Å². The van der Waals surface area contributed by atoms with Gasteiger partial charge >= 0.3 is 0 Å². The number of ether oxygens (including phenoxy) is 1. The van der Waals surface area contributed by atoms with E-state index in [-0.39, 0.29) is 5.88 Å². The van der Waals surface area contributed by atoms with Crippen LogP contribution in [0.4, 0.5) is 5.69 Å². The van der Waals surface area contributed by atoms with Gasteiger partial charge in [0.05, 0.1) is 18.7 Å². The first-order valence-electron chi connectivity index (χ1n) is 5.05. The van der Waals surface area contributed by atoms with E-state index < -0.39 is 0 Å². The number of amidine groups is 1. The van der Waals surface area contributed by atoms with Gasteiger partial charge in [-0.3, -0.25) is 0 Å². The Bertz CT molecular complexity index is 554. The van der Waals surface area contributed by atoms with Gasteiger partial charge in [-0.05, 0) is 22.6 Å². The van der Waals surface area contributed by atoms with Crippen molar-refractivity contribution in [2.75, 3.05) is 13.0 Å². The fourth-order valence-corrected chi connectivity index (χ4v) is 1.45. The van der Waals surface area contributed by atoms with E-state index in [0.29, 0.717) is 23.0 Å². The van der Waals surface area contributed by atoms with E-state index in [2.05, 4.69) is 20.5 Å². The molecule has 0 bridgehead atoms. The number of hydrogen-bond donors (Lipinski definition) is 1. The third-order valence-corrected chi connectivity index (χ3v) is 2.44. The zero-order valence-electron chi connectivity index (χ0n) is 9.62. The molecule has 0 atom stereocenters. The maximum atomic E-state index is 5.57. The molecule has 0 aliphatic heterocycles. The molecule has 0 radical (unpaired) electrons. The predicted octanol–water partition coefficient (Wildman–Crippen LogP) is 0.898. The number of methoxy groups -OCH3 is 1. The lowest BCUT2D eigenvalue weighted by Crippen LogP contribution is -2.12. The lowest BCUT2D eigenvalue weighted by Gasteiger charge is -2.08. The summed E-state index contributed by atoms with van der Waals surface area (Å²) in [5, 5.41) is 10.9. The van der Waals surface area contributed by atoms with E-state index in [4.69, 9.17) is 22.1 Å². The minimum absolute atomic E-state index is 0.178. The number of benzene rings is 1. The summed E-state index contributed by atoms with van der Waals surface area (Å²) in [6, 6.07) is 5.30. The first-order chi connectivity index (χ1) is 8.74. The Morgan fingerprint density at radius 2 is 2.39 bits per heavy atom. The second kappa shape index (κ2) is 5.46. The summed E-state index contributed by atoms with van der Waals surface area (Å²) >= 11 is 5.57. The Morgan fingerprint density at radius 1 is 1.56 bits per heavy atom. The first kappa shape index (κ1) is 12.3. The minimum atomic E-state index is 0.178. The Balaban J connectivity index is 2.41. The average molecular weight is 267 g/mol. The van der Waals surface area contributed by atoms with Crippen LogP contribution in [0.3, 0.4) is 0 Å². The number of aromatic nitrogens is 4. The molecule has 0 unspecified atom stereocenters. The molecule has 0 spiro atoms. The van der Waals surface area contributed by atoms with Crippen molar-refractivity contribution in [3.8, 4) is 11.4 Å². The van der Waals surface area contributed by atoms with E-state index >= 15 is 0 Å². The van der Waals surface area contributed by atoms with Gasteiger partial charge in [-0.15, -0.1) is 16.7 Å².